The van der Waals surface area contributed by atoms with Crippen LogP contribution in [-0.4, -0.2) is 31.6 Å². The van der Waals surface area contributed by atoms with Gasteiger partial charge in [-0.3, -0.25) is 4.99 Å². The van der Waals surface area contributed by atoms with Crippen LogP contribution < -0.4 is 15.4 Å². The molecule has 2 aromatic rings. The number of guanidine groups is 1. The van der Waals surface area contributed by atoms with E-state index in [9.17, 15) is 0 Å². The van der Waals surface area contributed by atoms with Crippen molar-refractivity contribution in [3.8, 4) is 5.88 Å². The zero-order valence-corrected chi connectivity index (χ0v) is 15.8. The van der Waals surface area contributed by atoms with Gasteiger partial charge >= 0.3 is 0 Å². The summed E-state index contributed by atoms with van der Waals surface area (Å²) in [6, 6.07) is 14.2. The van der Waals surface area contributed by atoms with E-state index in [1.807, 2.05) is 18.2 Å². The molecule has 1 heterocycles. The van der Waals surface area contributed by atoms with Gasteiger partial charge < -0.3 is 15.4 Å². The second-order valence-corrected chi connectivity index (χ2v) is 4.79. The topological polar surface area (TPSA) is 58.5 Å². The van der Waals surface area contributed by atoms with Crippen LogP contribution in [0.2, 0.25) is 0 Å². The summed E-state index contributed by atoms with van der Waals surface area (Å²) in [5.41, 5.74) is 2.40. The Bertz CT molecular complexity index is 605. The highest BCUT2D eigenvalue weighted by atomic mass is 127. The number of methoxy groups -OCH3 is 1. The quantitative estimate of drug-likeness (QED) is 0.424. The van der Waals surface area contributed by atoms with Crippen LogP contribution >= 0.6 is 24.0 Å². The fourth-order valence-corrected chi connectivity index (χ4v) is 2.05. The van der Waals surface area contributed by atoms with Crippen molar-refractivity contribution in [2.45, 2.75) is 13.0 Å². The second kappa shape index (κ2) is 10.8. The molecule has 2 rings (SSSR count). The first-order valence-corrected chi connectivity index (χ1v) is 7.29. The molecule has 0 atom stereocenters. The maximum atomic E-state index is 5.12. The van der Waals surface area contributed by atoms with Gasteiger partial charge in [-0.2, -0.15) is 0 Å². The number of aliphatic imine (C=N–C) groups is 1. The zero-order chi connectivity index (χ0) is 15.6. The fourth-order valence-electron chi connectivity index (χ4n) is 2.05. The van der Waals surface area contributed by atoms with Crippen LogP contribution in [0.4, 0.5) is 0 Å². The molecule has 0 fully saturated rings. The van der Waals surface area contributed by atoms with Gasteiger partial charge in [0, 0.05) is 32.4 Å². The summed E-state index contributed by atoms with van der Waals surface area (Å²) in [6.45, 7) is 1.51. The van der Waals surface area contributed by atoms with Gasteiger partial charge in [0.1, 0.15) is 0 Å². The molecule has 0 unspecified atom stereocenters. The molecule has 0 saturated heterocycles. The highest BCUT2D eigenvalue weighted by Gasteiger charge is 2.00. The van der Waals surface area contributed by atoms with E-state index in [-0.39, 0.29) is 24.0 Å². The van der Waals surface area contributed by atoms with Crippen LogP contribution in [0.5, 0.6) is 5.88 Å². The first kappa shape index (κ1) is 19.2. The van der Waals surface area contributed by atoms with E-state index in [2.05, 4.69) is 44.9 Å². The van der Waals surface area contributed by atoms with Crippen LogP contribution in [0.25, 0.3) is 0 Å². The van der Waals surface area contributed by atoms with Crippen molar-refractivity contribution in [3.63, 3.8) is 0 Å². The number of aromatic nitrogens is 1. The Kier molecular flexibility index (Phi) is 9.04. The number of benzene rings is 1. The zero-order valence-electron chi connectivity index (χ0n) is 13.5. The average molecular weight is 426 g/mol. The predicted octanol–water partition coefficient (Wildman–Crippen LogP) is 2.62. The third-order valence-corrected chi connectivity index (χ3v) is 3.24. The number of hydrogen-bond acceptors (Lipinski definition) is 3. The van der Waals surface area contributed by atoms with E-state index < -0.39 is 0 Å². The summed E-state index contributed by atoms with van der Waals surface area (Å²) in [5, 5.41) is 6.59. The van der Waals surface area contributed by atoms with Gasteiger partial charge in [0.15, 0.2) is 5.96 Å². The molecule has 6 heteroatoms. The van der Waals surface area contributed by atoms with Crippen LogP contribution in [-0.2, 0) is 13.0 Å². The van der Waals surface area contributed by atoms with Crippen molar-refractivity contribution < 1.29 is 4.74 Å². The monoisotopic (exact) mass is 426 g/mol. The molecule has 0 aliphatic rings. The van der Waals surface area contributed by atoms with Gasteiger partial charge in [0.25, 0.3) is 0 Å². The lowest BCUT2D eigenvalue weighted by atomic mass is 10.1. The maximum absolute atomic E-state index is 5.12. The van der Waals surface area contributed by atoms with E-state index >= 15 is 0 Å². The smallest absolute Gasteiger partial charge is 0.213 e. The SMILES string of the molecule is CN=C(NCCc1ccccc1)NCc1ccnc(OC)c1.I. The van der Waals surface area contributed by atoms with E-state index in [0.717, 1.165) is 24.5 Å². The van der Waals surface area contributed by atoms with Gasteiger partial charge in [0.2, 0.25) is 5.88 Å². The molecule has 0 aliphatic carbocycles. The minimum absolute atomic E-state index is 0. The number of nitrogens with one attached hydrogen (secondary N) is 2. The summed E-state index contributed by atoms with van der Waals surface area (Å²) in [5.74, 6) is 1.40. The third-order valence-electron chi connectivity index (χ3n) is 3.24. The minimum atomic E-state index is 0. The Morgan fingerprint density at radius 3 is 2.61 bits per heavy atom. The number of pyridine rings is 1. The molecule has 2 N–H and O–H groups in total. The molecule has 0 saturated carbocycles. The Balaban J connectivity index is 0.00000264. The molecule has 0 amide bonds. The third kappa shape index (κ3) is 6.85. The number of halogens is 1. The summed E-state index contributed by atoms with van der Waals surface area (Å²) in [6.07, 6.45) is 2.70. The van der Waals surface area contributed by atoms with Crippen LogP contribution in [0.15, 0.2) is 53.7 Å². The molecule has 23 heavy (non-hydrogen) atoms. The second-order valence-electron chi connectivity index (χ2n) is 4.79. The van der Waals surface area contributed by atoms with Gasteiger partial charge in [-0.05, 0) is 23.6 Å². The van der Waals surface area contributed by atoms with Crippen molar-refractivity contribution in [2.75, 3.05) is 20.7 Å². The molecule has 5 nitrogen and oxygen atoms in total. The predicted molar refractivity (Wildman–Crippen MR) is 105 cm³/mol. The van der Waals surface area contributed by atoms with Crippen molar-refractivity contribution in [1.82, 2.24) is 15.6 Å². The lowest BCUT2D eigenvalue weighted by Gasteiger charge is -2.12. The number of rotatable bonds is 6. The molecule has 0 aliphatic heterocycles. The lowest BCUT2D eigenvalue weighted by Crippen LogP contribution is -2.37. The normalized spacial score (nSPS) is 10.6. The van der Waals surface area contributed by atoms with Crippen molar-refractivity contribution in [1.29, 1.82) is 0 Å². The highest BCUT2D eigenvalue weighted by molar-refractivity contribution is 14.0. The van der Waals surface area contributed by atoms with Crippen LogP contribution in [0, 0.1) is 0 Å². The molecule has 1 aromatic carbocycles. The average Bonchev–Trinajstić information content (AvgIpc) is 2.59. The van der Waals surface area contributed by atoms with Gasteiger partial charge in [-0.15, -0.1) is 24.0 Å². The molecule has 0 radical (unpaired) electrons. The summed E-state index contributed by atoms with van der Waals surface area (Å²) < 4.78 is 5.12. The molecular formula is C17H23IN4O. The molecule has 1 aromatic heterocycles. The number of hydrogen-bond donors (Lipinski definition) is 2. The Morgan fingerprint density at radius 1 is 1.13 bits per heavy atom. The Hall–Kier alpha value is -1.83. The van der Waals surface area contributed by atoms with Crippen molar-refractivity contribution in [2.24, 2.45) is 4.99 Å². The highest BCUT2D eigenvalue weighted by Crippen LogP contribution is 2.07. The van der Waals surface area contributed by atoms with Crippen LogP contribution in [0.3, 0.4) is 0 Å². The van der Waals surface area contributed by atoms with Gasteiger partial charge in [-0.1, -0.05) is 30.3 Å². The van der Waals surface area contributed by atoms with E-state index in [4.69, 9.17) is 4.74 Å². The first-order chi connectivity index (χ1) is 10.8. The van der Waals surface area contributed by atoms with Gasteiger partial charge in [-0.25, -0.2) is 4.98 Å². The number of nitrogens with zero attached hydrogens (tertiary/aromatic N) is 2. The largest absolute Gasteiger partial charge is 0.481 e. The van der Waals surface area contributed by atoms with Gasteiger partial charge in [0.05, 0.1) is 7.11 Å². The Morgan fingerprint density at radius 2 is 1.91 bits per heavy atom. The van der Waals surface area contributed by atoms with E-state index in [1.165, 1.54) is 5.56 Å². The van der Waals surface area contributed by atoms with E-state index in [0.29, 0.717) is 12.4 Å². The summed E-state index contributed by atoms with van der Waals surface area (Å²) in [7, 11) is 3.38. The van der Waals surface area contributed by atoms with Crippen molar-refractivity contribution >= 4 is 29.9 Å². The molecular weight excluding hydrogens is 403 g/mol. The Labute approximate surface area is 154 Å². The minimum Gasteiger partial charge on any atom is -0.481 e. The van der Waals surface area contributed by atoms with Crippen molar-refractivity contribution in [3.05, 3.63) is 59.8 Å². The molecule has 0 bridgehead atoms. The first-order valence-electron chi connectivity index (χ1n) is 7.29. The maximum Gasteiger partial charge on any atom is 0.213 e. The fraction of sp³-hybridized carbons (Fsp3) is 0.294. The molecule has 124 valence electrons. The van der Waals surface area contributed by atoms with Crippen LogP contribution in [0.1, 0.15) is 11.1 Å². The standard InChI is InChI=1S/C17H22N4O.HI/c1-18-17(20-11-8-14-6-4-3-5-7-14)21-13-15-9-10-19-16(12-15)22-2;/h3-7,9-10,12H,8,11,13H2,1-2H3,(H2,18,20,21);1H. The summed E-state index contributed by atoms with van der Waals surface area (Å²) in [4.78, 5) is 8.32. The van der Waals surface area contributed by atoms with E-state index in [1.54, 1.807) is 20.4 Å². The lowest BCUT2D eigenvalue weighted by molar-refractivity contribution is 0.397. The number of ether oxygens (including phenoxy) is 1. The summed E-state index contributed by atoms with van der Waals surface area (Å²) >= 11 is 0. The molecule has 0 spiro atoms.